The molecule has 24 heavy (non-hydrogen) atoms. The molecule has 1 N–H and O–H groups in total. The maximum Gasteiger partial charge on any atom is 0.319 e. The van der Waals surface area contributed by atoms with Crippen LogP contribution in [0.1, 0.15) is 18.4 Å². The molecular weight excluding hydrogens is 308 g/mol. The van der Waals surface area contributed by atoms with Crippen LogP contribution in [0.25, 0.3) is 5.65 Å². The Morgan fingerprint density at radius 2 is 2.25 bits per heavy atom. The van der Waals surface area contributed by atoms with Crippen molar-refractivity contribution >= 4 is 17.6 Å². The number of likely N-dealkylation sites (tertiary alicyclic amines) is 1. The fourth-order valence-electron chi connectivity index (χ4n) is 2.98. The van der Waals surface area contributed by atoms with E-state index in [0.29, 0.717) is 19.6 Å². The molecule has 0 saturated carbocycles. The lowest BCUT2D eigenvalue weighted by Gasteiger charge is -2.33. The van der Waals surface area contributed by atoms with Crippen LogP contribution in [0.3, 0.4) is 0 Å². The molecule has 3 rings (SSSR count). The summed E-state index contributed by atoms with van der Waals surface area (Å²) in [6.07, 6.45) is 6.88. The molecule has 0 aliphatic carbocycles. The molecule has 128 valence electrons. The van der Waals surface area contributed by atoms with Crippen molar-refractivity contribution < 1.29 is 9.59 Å². The van der Waals surface area contributed by atoms with Gasteiger partial charge >= 0.3 is 6.03 Å². The van der Waals surface area contributed by atoms with E-state index in [-0.39, 0.29) is 17.9 Å². The minimum atomic E-state index is -0.169. The Hall–Kier alpha value is -2.64. The Labute approximate surface area is 140 Å². The second-order valence-electron chi connectivity index (χ2n) is 6.24. The van der Waals surface area contributed by atoms with E-state index in [0.717, 1.165) is 24.1 Å². The lowest BCUT2D eigenvalue weighted by atomic mass is 9.97. The summed E-state index contributed by atoms with van der Waals surface area (Å²) in [7, 11) is 3.45. The van der Waals surface area contributed by atoms with E-state index in [1.165, 1.54) is 0 Å². The number of carbonyl (C=O) groups excluding carboxylic acids is 2. The van der Waals surface area contributed by atoms with Crippen molar-refractivity contribution in [3.63, 3.8) is 0 Å². The van der Waals surface area contributed by atoms with Gasteiger partial charge in [-0.25, -0.2) is 14.3 Å². The monoisotopic (exact) mass is 330 g/mol. The maximum atomic E-state index is 12.5. The molecule has 1 fully saturated rings. The van der Waals surface area contributed by atoms with Gasteiger partial charge in [0.1, 0.15) is 0 Å². The fourth-order valence-corrected chi connectivity index (χ4v) is 2.98. The second kappa shape index (κ2) is 6.86. The molecule has 8 nitrogen and oxygen atoms in total. The molecule has 1 aliphatic rings. The summed E-state index contributed by atoms with van der Waals surface area (Å²) in [5.41, 5.74) is 1.62. The van der Waals surface area contributed by atoms with Crippen molar-refractivity contribution in [1.82, 2.24) is 29.7 Å². The van der Waals surface area contributed by atoms with Gasteiger partial charge in [0.05, 0.1) is 12.1 Å². The number of aromatic nitrogens is 3. The maximum absolute atomic E-state index is 12.5. The summed E-state index contributed by atoms with van der Waals surface area (Å²) in [4.78, 5) is 32.1. The summed E-state index contributed by atoms with van der Waals surface area (Å²) >= 11 is 0. The number of hydrogen-bond donors (Lipinski definition) is 1. The molecule has 1 aliphatic heterocycles. The van der Waals surface area contributed by atoms with Crippen LogP contribution in [-0.4, -0.2) is 63.5 Å². The lowest BCUT2D eigenvalue weighted by molar-refractivity contribution is -0.126. The first kappa shape index (κ1) is 16.2. The first-order valence-electron chi connectivity index (χ1n) is 8.07. The number of amides is 3. The van der Waals surface area contributed by atoms with Crippen molar-refractivity contribution in [3.8, 4) is 0 Å². The summed E-state index contributed by atoms with van der Waals surface area (Å²) < 4.78 is 1.68. The third kappa shape index (κ3) is 3.32. The standard InChI is InChI=1S/C16H22N6O2/c1-20(2)16(24)21-7-3-5-12(11-21)15(23)18-9-13-10-19-22-8-4-6-17-14(13)22/h4,6,8,10,12H,3,5,7,9,11H2,1-2H3,(H,18,23)/t12-/m0/s1. The van der Waals surface area contributed by atoms with E-state index < -0.39 is 0 Å². The van der Waals surface area contributed by atoms with E-state index in [2.05, 4.69) is 15.4 Å². The van der Waals surface area contributed by atoms with Crippen LogP contribution in [-0.2, 0) is 11.3 Å². The van der Waals surface area contributed by atoms with Crippen molar-refractivity contribution in [2.75, 3.05) is 27.2 Å². The van der Waals surface area contributed by atoms with Gasteiger partial charge in [-0.2, -0.15) is 5.10 Å². The molecule has 0 spiro atoms. The summed E-state index contributed by atoms with van der Waals surface area (Å²) in [5, 5.41) is 7.16. The average Bonchev–Trinajstić information content (AvgIpc) is 3.02. The number of hydrogen-bond acceptors (Lipinski definition) is 4. The molecule has 0 radical (unpaired) electrons. The van der Waals surface area contributed by atoms with E-state index in [9.17, 15) is 9.59 Å². The van der Waals surface area contributed by atoms with Crippen molar-refractivity contribution in [2.45, 2.75) is 19.4 Å². The molecule has 0 aromatic carbocycles. The topological polar surface area (TPSA) is 82.8 Å². The molecule has 2 aromatic rings. The molecule has 8 heteroatoms. The number of nitrogens with zero attached hydrogens (tertiary/aromatic N) is 5. The van der Waals surface area contributed by atoms with Gasteiger partial charge in [0, 0.05) is 51.7 Å². The van der Waals surface area contributed by atoms with Gasteiger partial charge in [-0.3, -0.25) is 4.79 Å². The molecule has 1 atom stereocenters. The second-order valence-corrected chi connectivity index (χ2v) is 6.24. The van der Waals surface area contributed by atoms with Gasteiger partial charge in [0.25, 0.3) is 0 Å². The first-order chi connectivity index (χ1) is 11.6. The Morgan fingerprint density at radius 1 is 1.42 bits per heavy atom. The Bertz CT molecular complexity index is 741. The Morgan fingerprint density at radius 3 is 3.04 bits per heavy atom. The van der Waals surface area contributed by atoms with Gasteiger partial charge in [-0.05, 0) is 18.9 Å². The smallest absolute Gasteiger partial charge is 0.319 e. The van der Waals surface area contributed by atoms with Crippen LogP contribution in [0.2, 0.25) is 0 Å². The fraction of sp³-hybridized carbons (Fsp3) is 0.500. The number of carbonyl (C=O) groups is 2. The van der Waals surface area contributed by atoms with Gasteiger partial charge in [0.2, 0.25) is 5.91 Å². The molecular formula is C16H22N6O2. The van der Waals surface area contributed by atoms with Crippen molar-refractivity contribution in [1.29, 1.82) is 0 Å². The third-order valence-electron chi connectivity index (χ3n) is 4.25. The van der Waals surface area contributed by atoms with E-state index in [4.69, 9.17) is 0 Å². The first-order valence-corrected chi connectivity index (χ1v) is 8.07. The van der Waals surface area contributed by atoms with Crippen LogP contribution < -0.4 is 5.32 Å². The SMILES string of the molecule is CN(C)C(=O)N1CCC[C@H](C(=O)NCc2cnn3cccnc23)C1. The van der Waals surface area contributed by atoms with Gasteiger partial charge in [-0.1, -0.05) is 0 Å². The lowest BCUT2D eigenvalue weighted by Crippen LogP contribution is -2.48. The molecule has 0 bridgehead atoms. The quantitative estimate of drug-likeness (QED) is 0.900. The van der Waals surface area contributed by atoms with Crippen molar-refractivity contribution in [3.05, 3.63) is 30.2 Å². The normalized spacial score (nSPS) is 17.8. The minimum Gasteiger partial charge on any atom is -0.352 e. The Kier molecular flexibility index (Phi) is 4.64. The molecule has 1 saturated heterocycles. The summed E-state index contributed by atoms with van der Waals surface area (Å²) in [6.45, 7) is 1.56. The zero-order chi connectivity index (χ0) is 17.1. The summed E-state index contributed by atoms with van der Waals surface area (Å²) in [5.74, 6) is -0.195. The molecule has 2 aromatic heterocycles. The minimum absolute atomic E-state index is 0.0264. The Balaban J connectivity index is 1.59. The van der Waals surface area contributed by atoms with Crippen LogP contribution in [0, 0.1) is 5.92 Å². The predicted molar refractivity (Wildman–Crippen MR) is 88.2 cm³/mol. The van der Waals surface area contributed by atoms with E-state index in [1.807, 2.05) is 6.20 Å². The van der Waals surface area contributed by atoms with Crippen LogP contribution in [0.15, 0.2) is 24.7 Å². The molecule has 3 amide bonds. The number of nitrogens with one attached hydrogen (secondary N) is 1. The number of rotatable bonds is 3. The number of urea groups is 1. The number of fused-ring (bicyclic) bond motifs is 1. The highest BCUT2D eigenvalue weighted by molar-refractivity contribution is 5.81. The largest absolute Gasteiger partial charge is 0.352 e. The highest BCUT2D eigenvalue weighted by Gasteiger charge is 2.29. The highest BCUT2D eigenvalue weighted by Crippen LogP contribution is 2.18. The van der Waals surface area contributed by atoms with Crippen LogP contribution in [0.4, 0.5) is 4.79 Å². The van der Waals surface area contributed by atoms with Gasteiger partial charge in [-0.15, -0.1) is 0 Å². The summed E-state index contributed by atoms with van der Waals surface area (Å²) in [6, 6.07) is 1.76. The third-order valence-corrected chi connectivity index (χ3v) is 4.25. The van der Waals surface area contributed by atoms with Crippen LogP contribution >= 0.6 is 0 Å². The van der Waals surface area contributed by atoms with Gasteiger partial charge in [0.15, 0.2) is 5.65 Å². The zero-order valence-corrected chi connectivity index (χ0v) is 14.0. The van der Waals surface area contributed by atoms with E-state index in [1.54, 1.807) is 46.9 Å². The number of piperidine rings is 1. The predicted octanol–water partition coefficient (Wildman–Crippen LogP) is 0.739. The molecule has 3 heterocycles. The van der Waals surface area contributed by atoms with Crippen LogP contribution in [0.5, 0.6) is 0 Å². The van der Waals surface area contributed by atoms with Gasteiger partial charge < -0.3 is 15.1 Å². The average molecular weight is 330 g/mol. The van der Waals surface area contributed by atoms with E-state index >= 15 is 0 Å². The zero-order valence-electron chi connectivity index (χ0n) is 14.0. The van der Waals surface area contributed by atoms with Crippen molar-refractivity contribution in [2.24, 2.45) is 5.92 Å². The molecule has 0 unspecified atom stereocenters. The highest BCUT2D eigenvalue weighted by atomic mass is 16.2.